The molecule has 0 aliphatic rings. The molecule has 0 saturated carbocycles. The summed E-state index contributed by atoms with van der Waals surface area (Å²) in [6.07, 6.45) is 7.22. The molecular formula is C12H17N3S. The number of nitrogens with one attached hydrogen (secondary N) is 1. The van der Waals surface area contributed by atoms with Gasteiger partial charge in [-0.05, 0) is 37.1 Å². The predicted molar refractivity (Wildman–Crippen MR) is 69.9 cm³/mol. The summed E-state index contributed by atoms with van der Waals surface area (Å²) in [4.78, 5) is 4.27. The summed E-state index contributed by atoms with van der Waals surface area (Å²) in [6, 6.07) is 6.22. The Kier molecular flexibility index (Phi) is 4.25. The molecule has 0 unspecified atom stereocenters. The summed E-state index contributed by atoms with van der Waals surface area (Å²) in [5.41, 5.74) is 2.28. The van der Waals surface area contributed by atoms with E-state index in [4.69, 9.17) is 0 Å². The largest absolute Gasteiger partial charge is 0.311 e. The van der Waals surface area contributed by atoms with Crippen LogP contribution < -0.4 is 5.32 Å². The highest BCUT2D eigenvalue weighted by Crippen LogP contribution is 2.05. The molecule has 86 valence electrons. The van der Waals surface area contributed by atoms with Crippen LogP contribution in [0.15, 0.2) is 30.6 Å². The van der Waals surface area contributed by atoms with Gasteiger partial charge in [0.2, 0.25) is 0 Å². The van der Waals surface area contributed by atoms with Gasteiger partial charge in [-0.2, -0.15) is 11.8 Å². The van der Waals surface area contributed by atoms with Gasteiger partial charge in [0.05, 0.1) is 0 Å². The zero-order valence-corrected chi connectivity index (χ0v) is 10.3. The van der Waals surface area contributed by atoms with Crippen molar-refractivity contribution in [1.82, 2.24) is 14.7 Å². The molecule has 0 fully saturated rings. The first-order valence-corrected chi connectivity index (χ1v) is 6.92. The third-order valence-corrected chi connectivity index (χ3v) is 3.22. The molecule has 0 atom stereocenters. The fraction of sp³-hybridized carbons (Fsp3) is 0.417. The summed E-state index contributed by atoms with van der Waals surface area (Å²) < 4.78 is 2.13. The van der Waals surface area contributed by atoms with Gasteiger partial charge in [-0.15, -0.1) is 0 Å². The average molecular weight is 235 g/mol. The molecule has 0 bridgehead atoms. The Morgan fingerprint density at radius 3 is 3.25 bits per heavy atom. The van der Waals surface area contributed by atoms with Crippen molar-refractivity contribution in [3.8, 4) is 0 Å². The van der Waals surface area contributed by atoms with Crippen molar-refractivity contribution in [2.75, 3.05) is 18.6 Å². The highest BCUT2D eigenvalue weighted by Gasteiger charge is 1.99. The summed E-state index contributed by atoms with van der Waals surface area (Å²) in [6.45, 7) is 1.98. The van der Waals surface area contributed by atoms with E-state index in [0.29, 0.717) is 0 Å². The molecule has 4 heteroatoms. The summed E-state index contributed by atoms with van der Waals surface area (Å²) >= 11 is 1.90. The number of imidazole rings is 1. The first-order valence-electron chi connectivity index (χ1n) is 5.52. The normalized spacial score (nSPS) is 11.1. The number of rotatable bonds is 6. The molecule has 0 amide bonds. The first-order chi connectivity index (χ1) is 7.92. The van der Waals surface area contributed by atoms with Crippen LogP contribution in [-0.2, 0) is 6.54 Å². The smallest absolute Gasteiger partial charge is 0.136 e. The molecule has 0 aliphatic carbocycles. The SMILES string of the molecule is CSCCCNCc1cccc2nccn12. The lowest BCUT2D eigenvalue weighted by atomic mass is 10.3. The van der Waals surface area contributed by atoms with Crippen LogP contribution >= 0.6 is 11.8 Å². The van der Waals surface area contributed by atoms with E-state index in [1.807, 2.05) is 30.2 Å². The Balaban J connectivity index is 1.91. The number of pyridine rings is 1. The Morgan fingerprint density at radius 2 is 2.38 bits per heavy atom. The van der Waals surface area contributed by atoms with Crippen molar-refractivity contribution in [3.63, 3.8) is 0 Å². The van der Waals surface area contributed by atoms with E-state index >= 15 is 0 Å². The molecule has 0 saturated heterocycles. The Bertz CT molecular complexity index is 439. The first kappa shape index (κ1) is 11.5. The van der Waals surface area contributed by atoms with Crippen LogP contribution in [0.2, 0.25) is 0 Å². The molecule has 0 radical (unpaired) electrons. The van der Waals surface area contributed by atoms with Crippen LogP contribution in [0.1, 0.15) is 12.1 Å². The van der Waals surface area contributed by atoms with E-state index in [9.17, 15) is 0 Å². The number of aromatic nitrogens is 2. The monoisotopic (exact) mass is 235 g/mol. The van der Waals surface area contributed by atoms with Gasteiger partial charge in [-0.3, -0.25) is 0 Å². The van der Waals surface area contributed by atoms with Gasteiger partial charge < -0.3 is 9.72 Å². The summed E-state index contributed by atoms with van der Waals surface area (Å²) in [5.74, 6) is 1.22. The van der Waals surface area contributed by atoms with Crippen LogP contribution in [0.3, 0.4) is 0 Å². The van der Waals surface area contributed by atoms with Gasteiger partial charge in [-0.1, -0.05) is 6.07 Å². The molecule has 1 N–H and O–H groups in total. The van der Waals surface area contributed by atoms with Crippen molar-refractivity contribution in [2.45, 2.75) is 13.0 Å². The molecule has 3 nitrogen and oxygen atoms in total. The van der Waals surface area contributed by atoms with E-state index in [1.165, 1.54) is 17.9 Å². The molecule has 2 rings (SSSR count). The van der Waals surface area contributed by atoms with Crippen molar-refractivity contribution >= 4 is 17.4 Å². The lowest BCUT2D eigenvalue weighted by molar-refractivity contribution is 0.662. The van der Waals surface area contributed by atoms with Gasteiger partial charge in [0.15, 0.2) is 0 Å². The van der Waals surface area contributed by atoms with Crippen LogP contribution in [-0.4, -0.2) is 27.9 Å². The highest BCUT2D eigenvalue weighted by atomic mass is 32.2. The third-order valence-electron chi connectivity index (χ3n) is 2.52. The lowest BCUT2D eigenvalue weighted by Gasteiger charge is -2.06. The Labute approximate surface area is 100 Å². The second-order valence-corrected chi connectivity index (χ2v) is 4.68. The van der Waals surface area contributed by atoms with Crippen LogP contribution in [0.4, 0.5) is 0 Å². The Hall–Kier alpha value is -1.00. The van der Waals surface area contributed by atoms with E-state index in [-0.39, 0.29) is 0 Å². The highest BCUT2D eigenvalue weighted by molar-refractivity contribution is 7.98. The molecular weight excluding hydrogens is 218 g/mol. The second-order valence-electron chi connectivity index (χ2n) is 3.70. The third kappa shape index (κ3) is 2.77. The molecule has 0 aliphatic heterocycles. The van der Waals surface area contributed by atoms with Gasteiger partial charge in [0, 0.05) is 24.6 Å². The molecule has 2 aromatic rings. The maximum Gasteiger partial charge on any atom is 0.136 e. The topological polar surface area (TPSA) is 29.3 Å². The number of thioether (sulfide) groups is 1. The molecule has 0 aromatic carbocycles. The average Bonchev–Trinajstić information content (AvgIpc) is 2.77. The summed E-state index contributed by atoms with van der Waals surface area (Å²) in [5, 5.41) is 3.46. The zero-order chi connectivity index (χ0) is 11.2. The number of hydrogen-bond donors (Lipinski definition) is 1. The van der Waals surface area contributed by atoms with E-state index < -0.39 is 0 Å². The fourth-order valence-corrected chi connectivity index (χ4v) is 2.14. The summed E-state index contributed by atoms with van der Waals surface area (Å²) in [7, 11) is 0. The second kappa shape index (κ2) is 5.92. The quantitative estimate of drug-likeness (QED) is 0.778. The minimum absolute atomic E-state index is 0.905. The number of nitrogens with zero attached hydrogens (tertiary/aromatic N) is 2. The van der Waals surface area contributed by atoms with Crippen molar-refractivity contribution in [1.29, 1.82) is 0 Å². The molecule has 16 heavy (non-hydrogen) atoms. The van der Waals surface area contributed by atoms with Crippen LogP contribution in [0, 0.1) is 0 Å². The Morgan fingerprint density at radius 1 is 1.44 bits per heavy atom. The van der Waals surface area contributed by atoms with Gasteiger partial charge in [0.25, 0.3) is 0 Å². The van der Waals surface area contributed by atoms with Crippen LogP contribution in [0.25, 0.3) is 5.65 Å². The number of fused-ring (bicyclic) bond motifs is 1. The fourth-order valence-electron chi connectivity index (χ4n) is 1.71. The minimum Gasteiger partial charge on any atom is -0.311 e. The standard InChI is InChI=1S/C12H17N3S/c1-16-9-3-6-13-10-11-4-2-5-12-14-7-8-15(11)12/h2,4-5,7-8,13H,3,6,9-10H2,1H3. The van der Waals surface area contributed by atoms with E-state index in [1.54, 1.807) is 0 Å². The zero-order valence-electron chi connectivity index (χ0n) is 9.52. The molecule has 2 aromatic heterocycles. The van der Waals surface area contributed by atoms with Crippen LogP contribution in [0.5, 0.6) is 0 Å². The van der Waals surface area contributed by atoms with E-state index in [0.717, 1.165) is 18.7 Å². The van der Waals surface area contributed by atoms with Crippen molar-refractivity contribution in [2.24, 2.45) is 0 Å². The van der Waals surface area contributed by atoms with Gasteiger partial charge in [0.1, 0.15) is 5.65 Å². The molecule has 2 heterocycles. The maximum atomic E-state index is 4.27. The van der Waals surface area contributed by atoms with Crippen molar-refractivity contribution < 1.29 is 0 Å². The predicted octanol–water partition coefficient (Wildman–Crippen LogP) is 2.18. The van der Waals surface area contributed by atoms with Gasteiger partial charge >= 0.3 is 0 Å². The lowest BCUT2D eigenvalue weighted by Crippen LogP contribution is -2.17. The minimum atomic E-state index is 0.905. The van der Waals surface area contributed by atoms with E-state index in [2.05, 4.69) is 33.1 Å². The van der Waals surface area contributed by atoms with Crippen molar-refractivity contribution in [3.05, 3.63) is 36.3 Å². The molecule has 0 spiro atoms. The number of hydrogen-bond acceptors (Lipinski definition) is 3. The van der Waals surface area contributed by atoms with Gasteiger partial charge in [-0.25, -0.2) is 4.98 Å². The maximum absolute atomic E-state index is 4.27.